The van der Waals surface area contributed by atoms with Crippen LogP contribution in [0.2, 0.25) is 0 Å². The fourth-order valence-electron chi connectivity index (χ4n) is 3.74. The maximum Gasteiger partial charge on any atom is 0.255 e. The Morgan fingerprint density at radius 1 is 1.00 bits per heavy atom. The first kappa shape index (κ1) is 21.6. The molecule has 1 aliphatic heterocycles. The summed E-state index contributed by atoms with van der Waals surface area (Å²) in [4.78, 5) is 25.0. The largest absolute Gasteiger partial charge is 0.492 e. The van der Waals surface area contributed by atoms with E-state index in [0.717, 1.165) is 24.2 Å². The van der Waals surface area contributed by atoms with Crippen molar-refractivity contribution >= 4 is 17.5 Å². The minimum Gasteiger partial charge on any atom is -0.492 e. The zero-order valence-corrected chi connectivity index (χ0v) is 17.6. The van der Waals surface area contributed by atoms with Crippen LogP contribution in [0.3, 0.4) is 0 Å². The van der Waals surface area contributed by atoms with Gasteiger partial charge in [0.2, 0.25) is 5.91 Å². The molecule has 0 saturated heterocycles. The molecule has 0 aliphatic carbocycles. The lowest BCUT2D eigenvalue weighted by molar-refractivity contribution is -0.126. The molecule has 2 N–H and O–H groups in total. The average molecular weight is 432 g/mol. The predicted molar refractivity (Wildman–Crippen MR) is 121 cm³/mol. The van der Waals surface area contributed by atoms with E-state index in [-0.39, 0.29) is 17.7 Å². The lowest BCUT2D eigenvalue weighted by Gasteiger charge is -2.25. The molecule has 2 amide bonds. The number of anilines is 1. The van der Waals surface area contributed by atoms with E-state index >= 15 is 0 Å². The Bertz CT molecular complexity index is 1080. The summed E-state index contributed by atoms with van der Waals surface area (Å²) in [5, 5.41) is 5.82. The number of rotatable bonds is 7. The maximum atomic E-state index is 13.1. The third-order valence-electron chi connectivity index (χ3n) is 5.49. The lowest BCUT2D eigenvalue weighted by atomic mass is 9.95. The molecule has 0 bridgehead atoms. The van der Waals surface area contributed by atoms with Crippen LogP contribution >= 0.6 is 0 Å². The molecule has 1 aliphatic rings. The molecule has 0 saturated carbocycles. The molecule has 1 atom stereocenters. The van der Waals surface area contributed by atoms with E-state index in [1.165, 1.54) is 29.8 Å². The Morgan fingerprint density at radius 3 is 2.56 bits per heavy atom. The van der Waals surface area contributed by atoms with Crippen molar-refractivity contribution in [3.05, 3.63) is 95.3 Å². The molecule has 32 heavy (non-hydrogen) atoms. The molecule has 3 aromatic carbocycles. The van der Waals surface area contributed by atoms with Crippen molar-refractivity contribution < 1.29 is 18.7 Å². The van der Waals surface area contributed by atoms with Crippen molar-refractivity contribution in [2.45, 2.75) is 19.3 Å². The molecule has 0 fully saturated rings. The number of amides is 2. The van der Waals surface area contributed by atoms with Crippen LogP contribution in [-0.4, -0.2) is 25.0 Å². The van der Waals surface area contributed by atoms with Gasteiger partial charge in [-0.15, -0.1) is 0 Å². The van der Waals surface area contributed by atoms with Crippen molar-refractivity contribution in [1.82, 2.24) is 5.32 Å². The highest BCUT2D eigenvalue weighted by atomic mass is 19.1. The highest BCUT2D eigenvalue weighted by Gasteiger charge is 2.26. The summed E-state index contributed by atoms with van der Waals surface area (Å²) in [7, 11) is 0. The molecule has 5 nitrogen and oxygen atoms in total. The van der Waals surface area contributed by atoms with Crippen LogP contribution in [0.25, 0.3) is 0 Å². The fourth-order valence-corrected chi connectivity index (χ4v) is 3.74. The Labute approximate surface area is 186 Å². The minimum absolute atomic E-state index is 0.0236. The van der Waals surface area contributed by atoms with Gasteiger partial charge in [0.25, 0.3) is 5.91 Å². The van der Waals surface area contributed by atoms with E-state index in [0.29, 0.717) is 30.8 Å². The number of benzene rings is 3. The van der Waals surface area contributed by atoms with Crippen molar-refractivity contribution in [2.24, 2.45) is 5.92 Å². The lowest BCUT2D eigenvalue weighted by Crippen LogP contribution is -2.37. The van der Waals surface area contributed by atoms with E-state index in [9.17, 15) is 14.0 Å². The zero-order valence-electron chi connectivity index (χ0n) is 17.6. The van der Waals surface area contributed by atoms with E-state index in [1.807, 2.05) is 24.3 Å². The van der Waals surface area contributed by atoms with Crippen LogP contribution in [-0.2, 0) is 17.6 Å². The van der Waals surface area contributed by atoms with Gasteiger partial charge in [0, 0.05) is 17.8 Å². The summed E-state index contributed by atoms with van der Waals surface area (Å²) in [6.07, 6.45) is 2.34. The molecule has 6 heteroatoms. The highest BCUT2D eigenvalue weighted by Crippen LogP contribution is 2.30. The number of hydrogen-bond donors (Lipinski definition) is 2. The summed E-state index contributed by atoms with van der Waals surface area (Å²) in [6.45, 7) is 0.948. The van der Waals surface area contributed by atoms with Crippen LogP contribution < -0.4 is 15.4 Å². The quantitative estimate of drug-likeness (QED) is 0.545. The number of hydrogen-bond acceptors (Lipinski definition) is 3. The normalized spacial score (nSPS) is 14.7. The standard InChI is InChI=1S/C26H25FN2O3/c27-22-10-8-19(9-11-22)26(31)29-23-12-13-24-20(16-23)15-21(17-32-24)25(30)28-14-4-7-18-5-2-1-3-6-18/h1-3,5-6,8-13,16,21H,4,7,14-15,17H2,(H,28,30)(H,29,31). The van der Waals surface area contributed by atoms with Crippen LogP contribution in [0.15, 0.2) is 72.8 Å². The van der Waals surface area contributed by atoms with Gasteiger partial charge in [-0.2, -0.15) is 0 Å². The second-order valence-corrected chi connectivity index (χ2v) is 7.88. The van der Waals surface area contributed by atoms with Gasteiger partial charge in [0.05, 0.1) is 5.92 Å². The van der Waals surface area contributed by atoms with Gasteiger partial charge in [0.1, 0.15) is 18.2 Å². The molecule has 164 valence electrons. The van der Waals surface area contributed by atoms with Crippen molar-refractivity contribution in [3.63, 3.8) is 0 Å². The molecule has 1 heterocycles. The minimum atomic E-state index is -0.392. The van der Waals surface area contributed by atoms with Gasteiger partial charge in [-0.1, -0.05) is 30.3 Å². The maximum absolute atomic E-state index is 13.1. The average Bonchev–Trinajstić information content (AvgIpc) is 2.82. The second-order valence-electron chi connectivity index (χ2n) is 7.88. The van der Waals surface area contributed by atoms with E-state index < -0.39 is 5.82 Å². The van der Waals surface area contributed by atoms with E-state index in [4.69, 9.17) is 4.74 Å². The predicted octanol–water partition coefficient (Wildman–Crippen LogP) is 4.38. The summed E-state index contributed by atoms with van der Waals surface area (Å²) < 4.78 is 18.8. The number of halogens is 1. The molecular weight excluding hydrogens is 407 g/mol. The number of carbonyl (C=O) groups is 2. The highest BCUT2D eigenvalue weighted by molar-refractivity contribution is 6.04. The number of nitrogens with one attached hydrogen (secondary N) is 2. The number of fused-ring (bicyclic) bond motifs is 1. The zero-order chi connectivity index (χ0) is 22.3. The summed E-state index contributed by atoms with van der Waals surface area (Å²) in [5.74, 6) is -0.295. The topological polar surface area (TPSA) is 67.4 Å². The summed E-state index contributed by atoms with van der Waals surface area (Å²) in [6, 6.07) is 20.9. The second kappa shape index (κ2) is 10.1. The van der Waals surface area contributed by atoms with Crippen LogP contribution in [0.5, 0.6) is 5.75 Å². The van der Waals surface area contributed by atoms with Crippen LogP contribution in [0.1, 0.15) is 27.9 Å². The van der Waals surface area contributed by atoms with E-state index in [2.05, 4.69) is 22.8 Å². The number of ether oxygens (including phenoxy) is 1. The van der Waals surface area contributed by atoms with Gasteiger partial charge < -0.3 is 15.4 Å². The molecular formula is C26H25FN2O3. The monoisotopic (exact) mass is 432 g/mol. The number of aryl methyl sites for hydroxylation is 1. The first-order chi connectivity index (χ1) is 15.6. The SMILES string of the molecule is O=C(Nc1ccc2c(c1)CC(C(=O)NCCCc1ccccc1)CO2)c1ccc(F)cc1. The molecule has 1 unspecified atom stereocenters. The van der Waals surface area contributed by atoms with Gasteiger partial charge in [0.15, 0.2) is 0 Å². The van der Waals surface area contributed by atoms with E-state index in [1.54, 1.807) is 12.1 Å². The van der Waals surface area contributed by atoms with Gasteiger partial charge in [-0.05, 0) is 72.9 Å². The Balaban J connectivity index is 1.30. The molecule has 3 aromatic rings. The fraction of sp³-hybridized carbons (Fsp3) is 0.231. The Kier molecular flexibility index (Phi) is 6.80. The molecule has 0 radical (unpaired) electrons. The van der Waals surface area contributed by atoms with Gasteiger partial charge in [-0.3, -0.25) is 9.59 Å². The molecule has 0 spiro atoms. The van der Waals surface area contributed by atoms with Gasteiger partial charge in [-0.25, -0.2) is 4.39 Å². The number of carbonyl (C=O) groups excluding carboxylic acids is 2. The third-order valence-corrected chi connectivity index (χ3v) is 5.49. The third kappa shape index (κ3) is 5.52. The smallest absolute Gasteiger partial charge is 0.255 e. The Hall–Kier alpha value is -3.67. The first-order valence-corrected chi connectivity index (χ1v) is 10.7. The molecule has 4 rings (SSSR count). The van der Waals surface area contributed by atoms with Crippen molar-refractivity contribution in [1.29, 1.82) is 0 Å². The Morgan fingerprint density at radius 2 is 1.78 bits per heavy atom. The van der Waals surface area contributed by atoms with Crippen molar-refractivity contribution in [2.75, 3.05) is 18.5 Å². The van der Waals surface area contributed by atoms with Crippen LogP contribution in [0, 0.1) is 11.7 Å². The first-order valence-electron chi connectivity index (χ1n) is 10.7. The van der Waals surface area contributed by atoms with Gasteiger partial charge >= 0.3 is 0 Å². The van der Waals surface area contributed by atoms with Crippen LogP contribution in [0.4, 0.5) is 10.1 Å². The summed E-state index contributed by atoms with van der Waals surface area (Å²) in [5.41, 5.74) is 3.10. The van der Waals surface area contributed by atoms with Crippen molar-refractivity contribution in [3.8, 4) is 5.75 Å². The summed E-state index contributed by atoms with van der Waals surface area (Å²) >= 11 is 0. The molecule has 0 aromatic heterocycles.